The standard InChI is InChI=1S/C20H26N4O5S/c1-14(2)29-17-6-5-15(30(4,26)27)11-16(17)20(25)24-9-7-23(8-10-24)18-12-21-13-19(22-18)28-3/h5-6,11-14H,7-10H2,1-4H3. The summed E-state index contributed by atoms with van der Waals surface area (Å²) in [5, 5.41) is 0. The lowest BCUT2D eigenvalue weighted by Gasteiger charge is -2.35. The van der Waals surface area contributed by atoms with E-state index in [4.69, 9.17) is 9.47 Å². The lowest BCUT2D eigenvalue weighted by molar-refractivity contribution is 0.0740. The zero-order chi connectivity index (χ0) is 21.9. The third-order valence-electron chi connectivity index (χ3n) is 4.67. The average molecular weight is 435 g/mol. The van der Waals surface area contributed by atoms with Crippen LogP contribution in [0.5, 0.6) is 11.6 Å². The van der Waals surface area contributed by atoms with Gasteiger partial charge in [0.2, 0.25) is 5.88 Å². The van der Waals surface area contributed by atoms with E-state index in [0.29, 0.717) is 43.6 Å². The van der Waals surface area contributed by atoms with E-state index >= 15 is 0 Å². The summed E-state index contributed by atoms with van der Waals surface area (Å²) < 4.78 is 34.8. The van der Waals surface area contributed by atoms with Crippen molar-refractivity contribution in [3.8, 4) is 11.6 Å². The maximum atomic E-state index is 13.2. The van der Waals surface area contributed by atoms with Gasteiger partial charge in [-0.2, -0.15) is 4.98 Å². The number of benzene rings is 1. The number of carbonyl (C=O) groups excluding carboxylic acids is 1. The largest absolute Gasteiger partial charge is 0.490 e. The Morgan fingerprint density at radius 3 is 2.43 bits per heavy atom. The molecule has 162 valence electrons. The monoisotopic (exact) mass is 434 g/mol. The second kappa shape index (κ2) is 8.86. The second-order valence-corrected chi connectivity index (χ2v) is 9.31. The van der Waals surface area contributed by atoms with Crippen LogP contribution in [-0.2, 0) is 9.84 Å². The maximum Gasteiger partial charge on any atom is 0.257 e. The van der Waals surface area contributed by atoms with Gasteiger partial charge in [0.25, 0.3) is 5.91 Å². The van der Waals surface area contributed by atoms with Gasteiger partial charge in [-0.3, -0.25) is 9.78 Å². The molecular weight excluding hydrogens is 408 g/mol. The number of hydrogen-bond acceptors (Lipinski definition) is 8. The molecule has 30 heavy (non-hydrogen) atoms. The Morgan fingerprint density at radius 2 is 1.83 bits per heavy atom. The van der Waals surface area contributed by atoms with Crippen LogP contribution in [0.25, 0.3) is 0 Å². The number of amides is 1. The van der Waals surface area contributed by atoms with Crippen molar-refractivity contribution in [2.45, 2.75) is 24.8 Å². The molecule has 9 nitrogen and oxygen atoms in total. The van der Waals surface area contributed by atoms with Crippen LogP contribution in [0.4, 0.5) is 5.82 Å². The molecule has 1 aliphatic heterocycles. The molecule has 1 aliphatic rings. The highest BCUT2D eigenvalue weighted by Crippen LogP contribution is 2.26. The predicted octanol–water partition coefficient (Wildman–Crippen LogP) is 1.64. The molecule has 0 spiro atoms. The Labute approximate surface area is 176 Å². The van der Waals surface area contributed by atoms with E-state index < -0.39 is 9.84 Å². The van der Waals surface area contributed by atoms with E-state index in [-0.39, 0.29) is 22.5 Å². The summed E-state index contributed by atoms with van der Waals surface area (Å²) in [6, 6.07) is 4.41. The van der Waals surface area contributed by atoms with Crippen LogP contribution in [-0.4, -0.2) is 74.8 Å². The summed E-state index contributed by atoms with van der Waals surface area (Å²) in [6.07, 6.45) is 4.16. The molecule has 0 N–H and O–H groups in total. The van der Waals surface area contributed by atoms with Crippen molar-refractivity contribution >= 4 is 21.6 Å². The summed E-state index contributed by atoms with van der Waals surface area (Å²) >= 11 is 0. The normalized spacial score (nSPS) is 14.7. The molecule has 1 aromatic heterocycles. The van der Waals surface area contributed by atoms with Crippen molar-refractivity contribution < 1.29 is 22.7 Å². The summed E-state index contributed by atoms with van der Waals surface area (Å²) in [5.74, 6) is 1.24. The Morgan fingerprint density at radius 1 is 1.13 bits per heavy atom. The zero-order valence-corrected chi connectivity index (χ0v) is 18.3. The molecule has 0 unspecified atom stereocenters. The Balaban J connectivity index is 1.79. The van der Waals surface area contributed by atoms with E-state index in [9.17, 15) is 13.2 Å². The predicted molar refractivity (Wildman–Crippen MR) is 112 cm³/mol. The highest BCUT2D eigenvalue weighted by Gasteiger charge is 2.26. The zero-order valence-electron chi connectivity index (χ0n) is 17.5. The number of aromatic nitrogens is 2. The second-order valence-electron chi connectivity index (χ2n) is 7.30. The molecule has 0 saturated carbocycles. The van der Waals surface area contributed by atoms with E-state index in [2.05, 4.69) is 9.97 Å². The lowest BCUT2D eigenvalue weighted by atomic mass is 10.1. The molecule has 0 atom stereocenters. The third kappa shape index (κ3) is 4.99. The summed E-state index contributed by atoms with van der Waals surface area (Å²) in [4.78, 5) is 25.5. The van der Waals surface area contributed by atoms with Crippen molar-refractivity contribution in [1.82, 2.24) is 14.9 Å². The molecule has 0 bridgehead atoms. The average Bonchev–Trinajstić information content (AvgIpc) is 2.72. The molecule has 0 radical (unpaired) electrons. The number of hydrogen-bond donors (Lipinski definition) is 0. The number of carbonyl (C=O) groups is 1. The van der Waals surface area contributed by atoms with Crippen molar-refractivity contribution in [2.24, 2.45) is 0 Å². The van der Waals surface area contributed by atoms with Gasteiger partial charge in [0.1, 0.15) is 5.75 Å². The Bertz CT molecular complexity index is 1020. The number of sulfone groups is 1. The van der Waals surface area contributed by atoms with Crippen LogP contribution in [0.3, 0.4) is 0 Å². The molecule has 3 rings (SSSR count). The fraction of sp³-hybridized carbons (Fsp3) is 0.450. The minimum atomic E-state index is -3.45. The van der Waals surface area contributed by atoms with Gasteiger partial charge in [-0.25, -0.2) is 8.42 Å². The maximum absolute atomic E-state index is 13.2. The molecule has 0 aliphatic carbocycles. The van der Waals surface area contributed by atoms with Crippen LogP contribution < -0.4 is 14.4 Å². The van der Waals surface area contributed by atoms with E-state index in [0.717, 1.165) is 6.26 Å². The molecule has 1 fully saturated rings. The molecule has 10 heteroatoms. The van der Waals surface area contributed by atoms with E-state index in [1.807, 2.05) is 18.7 Å². The molecular formula is C20H26N4O5S. The minimum absolute atomic E-state index is 0.0900. The van der Waals surface area contributed by atoms with E-state index in [1.54, 1.807) is 17.2 Å². The highest BCUT2D eigenvalue weighted by molar-refractivity contribution is 7.90. The number of nitrogens with zero attached hydrogens (tertiary/aromatic N) is 4. The van der Waals surface area contributed by atoms with Crippen LogP contribution in [0.1, 0.15) is 24.2 Å². The molecule has 1 amide bonds. The molecule has 2 heterocycles. The molecule has 2 aromatic rings. The topological polar surface area (TPSA) is 102 Å². The lowest BCUT2D eigenvalue weighted by Crippen LogP contribution is -2.49. The van der Waals surface area contributed by atoms with Crippen molar-refractivity contribution in [1.29, 1.82) is 0 Å². The van der Waals surface area contributed by atoms with Gasteiger partial charge in [0, 0.05) is 32.4 Å². The van der Waals surface area contributed by atoms with Gasteiger partial charge in [0.05, 0.1) is 36.1 Å². The highest BCUT2D eigenvalue weighted by atomic mass is 32.2. The minimum Gasteiger partial charge on any atom is -0.490 e. The summed E-state index contributed by atoms with van der Waals surface area (Å²) in [7, 11) is -1.91. The fourth-order valence-corrected chi connectivity index (χ4v) is 3.81. The Hall–Kier alpha value is -2.88. The van der Waals surface area contributed by atoms with Gasteiger partial charge < -0.3 is 19.3 Å². The van der Waals surface area contributed by atoms with Gasteiger partial charge in [0.15, 0.2) is 15.7 Å². The summed E-state index contributed by atoms with van der Waals surface area (Å²) in [5.41, 5.74) is 0.251. The Kier molecular flexibility index (Phi) is 6.45. The van der Waals surface area contributed by atoms with Crippen LogP contribution in [0.15, 0.2) is 35.5 Å². The SMILES string of the molecule is COc1cncc(N2CCN(C(=O)c3cc(S(C)(=O)=O)ccc3OC(C)C)CC2)n1. The van der Waals surface area contributed by atoms with Gasteiger partial charge in [-0.15, -0.1) is 0 Å². The summed E-state index contributed by atoms with van der Waals surface area (Å²) in [6.45, 7) is 5.77. The number of piperazine rings is 1. The number of methoxy groups -OCH3 is 1. The van der Waals surface area contributed by atoms with Crippen molar-refractivity contribution in [3.63, 3.8) is 0 Å². The third-order valence-corrected chi connectivity index (χ3v) is 5.78. The first kappa shape index (κ1) is 21.8. The van der Waals surface area contributed by atoms with E-state index in [1.165, 1.54) is 25.4 Å². The number of anilines is 1. The van der Waals surface area contributed by atoms with Crippen molar-refractivity contribution in [3.05, 3.63) is 36.2 Å². The number of rotatable bonds is 6. The smallest absolute Gasteiger partial charge is 0.257 e. The van der Waals surface area contributed by atoms with Crippen LogP contribution in [0.2, 0.25) is 0 Å². The first-order valence-electron chi connectivity index (χ1n) is 9.60. The van der Waals surface area contributed by atoms with Gasteiger partial charge in [-0.1, -0.05) is 0 Å². The molecule has 1 saturated heterocycles. The quantitative estimate of drug-likeness (QED) is 0.676. The van der Waals surface area contributed by atoms with Gasteiger partial charge in [-0.05, 0) is 32.0 Å². The van der Waals surface area contributed by atoms with Crippen LogP contribution >= 0.6 is 0 Å². The first-order valence-corrected chi connectivity index (χ1v) is 11.5. The van der Waals surface area contributed by atoms with Gasteiger partial charge >= 0.3 is 0 Å². The molecule has 1 aromatic carbocycles. The first-order chi connectivity index (χ1) is 14.2. The number of ether oxygens (including phenoxy) is 2. The fourth-order valence-electron chi connectivity index (χ4n) is 3.16. The van der Waals surface area contributed by atoms with Crippen LogP contribution in [0, 0.1) is 0 Å². The van der Waals surface area contributed by atoms with Crippen molar-refractivity contribution in [2.75, 3.05) is 44.4 Å².